The van der Waals surface area contributed by atoms with Crippen molar-refractivity contribution in [3.05, 3.63) is 41.3 Å². The Morgan fingerprint density at radius 2 is 1.90 bits per heavy atom. The summed E-state index contributed by atoms with van der Waals surface area (Å²) in [6.07, 6.45) is 6.31. The van der Waals surface area contributed by atoms with Crippen LogP contribution in [0.3, 0.4) is 0 Å². The highest BCUT2D eigenvalue weighted by Gasteiger charge is 2.66. The Hall–Kier alpha value is -2.07. The van der Waals surface area contributed by atoms with Gasteiger partial charge in [-0.05, 0) is 84.6 Å². The van der Waals surface area contributed by atoms with Crippen LogP contribution >= 0.6 is 0 Å². The van der Waals surface area contributed by atoms with E-state index in [0.29, 0.717) is 12.2 Å². The zero-order valence-corrected chi connectivity index (χ0v) is 19.5. The first-order valence-electron chi connectivity index (χ1n) is 11.5. The van der Waals surface area contributed by atoms with Crippen molar-refractivity contribution in [2.75, 3.05) is 7.11 Å². The predicted molar refractivity (Wildman–Crippen MR) is 120 cm³/mol. The molecule has 0 spiro atoms. The molecule has 1 N–H and O–H groups in total. The van der Waals surface area contributed by atoms with Crippen LogP contribution in [0.1, 0.15) is 63.6 Å². The van der Waals surface area contributed by atoms with Crippen molar-refractivity contribution in [1.29, 1.82) is 0 Å². The number of carbonyl (C=O) groups is 1. The first kappa shape index (κ1) is 20.8. The second-order valence-corrected chi connectivity index (χ2v) is 11.1. The summed E-state index contributed by atoms with van der Waals surface area (Å²) in [5.74, 6) is 1.55. The summed E-state index contributed by atoms with van der Waals surface area (Å²) in [5.41, 5.74) is 4.95. The summed E-state index contributed by atoms with van der Waals surface area (Å²) in [6, 6.07) is 4.09. The molecule has 2 saturated carbocycles. The lowest BCUT2D eigenvalue weighted by molar-refractivity contribution is -0.167. The molecule has 0 radical (unpaired) electrons. The highest BCUT2D eigenvalue weighted by atomic mass is 16.5. The van der Waals surface area contributed by atoms with Crippen LogP contribution in [-0.2, 0) is 16.6 Å². The molecule has 0 bridgehead atoms. The van der Waals surface area contributed by atoms with Crippen LogP contribution in [0.2, 0.25) is 0 Å². The van der Waals surface area contributed by atoms with Gasteiger partial charge in [0.25, 0.3) is 0 Å². The minimum absolute atomic E-state index is 0.0138. The van der Waals surface area contributed by atoms with Gasteiger partial charge in [0, 0.05) is 17.5 Å². The maximum Gasteiger partial charge on any atom is 0.143 e. The van der Waals surface area contributed by atoms with Crippen molar-refractivity contribution in [2.45, 2.75) is 71.8 Å². The molecule has 3 aliphatic carbocycles. The van der Waals surface area contributed by atoms with Gasteiger partial charge in [-0.3, -0.25) is 4.79 Å². The average Bonchev–Trinajstić information content (AvgIpc) is 3.35. The lowest BCUT2D eigenvalue weighted by Gasteiger charge is -2.61. The molecular weight excluding hydrogens is 388 g/mol. The highest BCUT2D eigenvalue weighted by Crippen LogP contribution is 2.67. The Morgan fingerprint density at radius 1 is 1.16 bits per heavy atom. The van der Waals surface area contributed by atoms with Gasteiger partial charge in [0.05, 0.1) is 31.2 Å². The Kier molecular flexibility index (Phi) is 4.35. The summed E-state index contributed by atoms with van der Waals surface area (Å²) >= 11 is 0. The fourth-order valence-corrected chi connectivity index (χ4v) is 7.70. The summed E-state index contributed by atoms with van der Waals surface area (Å²) in [4.78, 5) is 13.8. The van der Waals surface area contributed by atoms with Crippen LogP contribution in [0.25, 0.3) is 11.1 Å². The van der Waals surface area contributed by atoms with Crippen molar-refractivity contribution in [2.24, 2.45) is 22.7 Å². The SMILES string of the molecule is COc1cc2c(c(C)c1-c1ccoc1)CC1C2(C)C(=O)CC2C(C)(C)C(O)CCC12C. The Bertz CT molecular complexity index is 1050. The van der Waals surface area contributed by atoms with Gasteiger partial charge >= 0.3 is 0 Å². The zero-order valence-electron chi connectivity index (χ0n) is 19.5. The molecule has 5 unspecified atom stereocenters. The number of carbonyl (C=O) groups excluding carboxylic acids is 1. The van der Waals surface area contributed by atoms with E-state index in [-0.39, 0.29) is 28.8 Å². The largest absolute Gasteiger partial charge is 0.496 e. The number of ether oxygens (including phenoxy) is 1. The van der Waals surface area contributed by atoms with E-state index in [9.17, 15) is 9.90 Å². The summed E-state index contributed by atoms with van der Waals surface area (Å²) in [5, 5.41) is 10.8. The second kappa shape index (κ2) is 6.48. The summed E-state index contributed by atoms with van der Waals surface area (Å²) in [6.45, 7) is 11.0. The van der Waals surface area contributed by atoms with Crippen LogP contribution in [0.4, 0.5) is 0 Å². The van der Waals surface area contributed by atoms with Gasteiger partial charge in [-0.15, -0.1) is 0 Å². The molecule has 4 nitrogen and oxygen atoms in total. The maximum atomic E-state index is 13.8. The first-order valence-corrected chi connectivity index (χ1v) is 11.5. The molecule has 166 valence electrons. The minimum Gasteiger partial charge on any atom is -0.496 e. The van der Waals surface area contributed by atoms with Crippen molar-refractivity contribution in [3.8, 4) is 16.9 Å². The van der Waals surface area contributed by atoms with Gasteiger partial charge in [-0.25, -0.2) is 0 Å². The van der Waals surface area contributed by atoms with E-state index in [1.54, 1.807) is 19.6 Å². The second-order valence-electron chi connectivity index (χ2n) is 11.1. The van der Waals surface area contributed by atoms with Gasteiger partial charge in [0.2, 0.25) is 0 Å². The topological polar surface area (TPSA) is 59.7 Å². The maximum absolute atomic E-state index is 13.8. The van der Waals surface area contributed by atoms with E-state index in [4.69, 9.17) is 9.15 Å². The molecule has 5 atom stereocenters. The average molecular weight is 423 g/mol. The molecule has 0 aliphatic heterocycles. The third-order valence-corrected chi connectivity index (χ3v) is 9.64. The zero-order chi connectivity index (χ0) is 22.3. The smallest absolute Gasteiger partial charge is 0.143 e. The molecule has 1 aromatic heterocycles. The number of hydrogen-bond acceptors (Lipinski definition) is 4. The number of benzene rings is 1. The molecule has 2 fully saturated rings. The fourth-order valence-electron chi connectivity index (χ4n) is 7.70. The third-order valence-electron chi connectivity index (χ3n) is 9.64. The Labute approximate surface area is 185 Å². The number of Topliss-reactive ketones (excluding diaryl/α,β-unsaturated/α-hetero) is 1. The van der Waals surface area contributed by atoms with Crippen molar-refractivity contribution in [3.63, 3.8) is 0 Å². The van der Waals surface area contributed by atoms with E-state index in [0.717, 1.165) is 41.7 Å². The predicted octanol–water partition coefficient (Wildman–Crippen LogP) is 5.47. The molecule has 31 heavy (non-hydrogen) atoms. The van der Waals surface area contributed by atoms with Crippen LogP contribution in [0.15, 0.2) is 29.1 Å². The number of methoxy groups -OCH3 is 1. The van der Waals surface area contributed by atoms with Crippen molar-refractivity contribution in [1.82, 2.24) is 0 Å². The number of aliphatic hydroxyl groups is 1. The van der Waals surface area contributed by atoms with E-state index in [1.807, 2.05) is 6.07 Å². The van der Waals surface area contributed by atoms with Gasteiger partial charge in [-0.2, -0.15) is 0 Å². The number of furan rings is 1. The van der Waals surface area contributed by atoms with E-state index in [2.05, 4.69) is 40.7 Å². The summed E-state index contributed by atoms with van der Waals surface area (Å²) < 4.78 is 11.2. The van der Waals surface area contributed by atoms with E-state index in [1.165, 1.54) is 11.1 Å². The van der Waals surface area contributed by atoms with Crippen LogP contribution in [0.5, 0.6) is 5.75 Å². The minimum atomic E-state index is -0.508. The number of ketones is 1. The molecule has 0 saturated heterocycles. The lowest BCUT2D eigenvalue weighted by Crippen LogP contribution is -2.61. The van der Waals surface area contributed by atoms with Gasteiger partial charge < -0.3 is 14.3 Å². The quantitative estimate of drug-likeness (QED) is 0.697. The van der Waals surface area contributed by atoms with E-state index >= 15 is 0 Å². The van der Waals surface area contributed by atoms with Crippen LogP contribution in [0, 0.1) is 29.6 Å². The van der Waals surface area contributed by atoms with Crippen LogP contribution < -0.4 is 4.74 Å². The number of fused-ring (bicyclic) bond motifs is 5. The third kappa shape index (κ3) is 2.49. The monoisotopic (exact) mass is 422 g/mol. The number of aliphatic hydroxyl groups excluding tert-OH is 1. The molecule has 5 rings (SSSR count). The highest BCUT2D eigenvalue weighted by molar-refractivity contribution is 5.94. The number of rotatable bonds is 2. The molecule has 1 heterocycles. The molecular formula is C27H34O4. The normalized spacial score (nSPS) is 36.0. The van der Waals surface area contributed by atoms with Gasteiger partial charge in [0.1, 0.15) is 11.5 Å². The lowest BCUT2D eigenvalue weighted by atomic mass is 9.43. The Morgan fingerprint density at radius 3 is 2.55 bits per heavy atom. The van der Waals surface area contributed by atoms with Crippen LogP contribution in [-0.4, -0.2) is 24.1 Å². The summed E-state index contributed by atoms with van der Waals surface area (Å²) in [7, 11) is 1.70. The van der Waals surface area contributed by atoms with E-state index < -0.39 is 5.41 Å². The molecule has 3 aliphatic rings. The molecule has 2 aromatic rings. The molecule has 1 aromatic carbocycles. The number of hydrogen-bond donors (Lipinski definition) is 1. The first-order chi connectivity index (χ1) is 14.6. The van der Waals surface area contributed by atoms with Crippen molar-refractivity contribution >= 4 is 5.78 Å². The molecule has 0 amide bonds. The Balaban J connectivity index is 1.70. The standard InChI is InChI=1S/C27H34O4/c1-15-17-11-21-26(4)9-7-22(28)25(2,3)20(26)13-23(29)27(21,5)18(17)12-19(30-6)24(15)16-8-10-31-14-16/h8,10,12,14,20-22,28H,7,9,11,13H2,1-6H3. The van der Waals surface area contributed by atoms with Gasteiger partial charge in [0.15, 0.2) is 0 Å². The fraction of sp³-hybridized carbons (Fsp3) is 0.593. The van der Waals surface area contributed by atoms with Gasteiger partial charge in [-0.1, -0.05) is 20.8 Å². The molecule has 4 heteroatoms. The van der Waals surface area contributed by atoms with Crippen molar-refractivity contribution < 1.29 is 19.1 Å².